The lowest BCUT2D eigenvalue weighted by Crippen LogP contribution is -2.26. The van der Waals surface area contributed by atoms with Crippen LogP contribution in [0.1, 0.15) is 47.3 Å². The summed E-state index contributed by atoms with van der Waals surface area (Å²) in [6, 6.07) is 2.13. The van der Waals surface area contributed by atoms with Crippen molar-refractivity contribution in [2.45, 2.75) is 40.0 Å². The van der Waals surface area contributed by atoms with Crippen LogP contribution in [0.25, 0.3) is 0 Å². The Morgan fingerprint density at radius 2 is 2.06 bits per heavy atom. The van der Waals surface area contributed by atoms with Crippen LogP contribution in [0.2, 0.25) is 0 Å². The molecule has 0 aliphatic heterocycles. The van der Waals surface area contributed by atoms with Crippen molar-refractivity contribution in [1.29, 1.82) is 0 Å². The summed E-state index contributed by atoms with van der Waals surface area (Å²) in [4.78, 5) is 16.0. The van der Waals surface area contributed by atoms with Crippen LogP contribution in [-0.2, 0) is 12.8 Å². The highest BCUT2D eigenvalue weighted by atomic mass is 32.1. The van der Waals surface area contributed by atoms with Crippen LogP contribution in [0.3, 0.4) is 0 Å². The summed E-state index contributed by atoms with van der Waals surface area (Å²) in [6.45, 7) is 6.96. The Balaban J connectivity index is 2.22. The van der Waals surface area contributed by atoms with Crippen LogP contribution in [-0.4, -0.2) is 24.9 Å². The minimum Gasteiger partial charge on any atom is -0.344 e. The second-order valence-electron chi connectivity index (χ2n) is 6.56. The molecule has 0 saturated heterocycles. The summed E-state index contributed by atoms with van der Waals surface area (Å²) in [5, 5.41) is 0. The Morgan fingerprint density at radius 3 is 2.61 bits per heavy atom. The van der Waals surface area contributed by atoms with Gasteiger partial charge in [-0.3, -0.25) is 4.79 Å². The van der Waals surface area contributed by atoms with E-state index < -0.39 is 0 Å². The van der Waals surface area contributed by atoms with Gasteiger partial charge >= 0.3 is 0 Å². The summed E-state index contributed by atoms with van der Waals surface area (Å²) in [6.07, 6.45) is 3.53. The number of aryl methyl sites for hydroxylation is 1. The third-order valence-corrected chi connectivity index (χ3v) is 5.15. The van der Waals surface area contributed by atoms with Crippen molar-refractivity contribution in [3.8, 4) is 0 Å². The first-order valence-electron chi connectivity index (χ1n) is 6.62. The zero-order valence-corrected chi connectivity index (χ0v) is 12.9. The Hall–Kier alpha value is -0.830. The summed E-state index contributed by atoms with van der Waals surface area (Å²) >= 11 is 1.69. The molecule has 0 aromatic carbocycles. The molecule has 3 heteroatoms. The normalized spacial score (nSPS) is 19.5. The van der Waals surface area contributed by atoms with Gasteiger partial charge in [-0.25, -0.2) is 0 Å². The number of carbonyl (C=O) groups excluding carboxylic acids is 1. The zero-order chi connectivity index (χ0) is 13.5. The molecule has 18 heavy (non-hydrogen) atoms. The predicted molar refractivity (Wildman–Crippen MR) is 77.3 cm³/mol. The lowest BCUT2D eigenvalue weighted by Gasteiger charge is -2.33. The first-order valence-corrected chi connectivity index (χ1v) is 7.44. The maximum absolute atomic E-state index is 12.0. The second-order valence-corrected chi connectivity index (χ2v) is 7.70. The van der Waals surface area contributed by atoms with Crippen molar-refractivity contribution in [1.82, 2.24) is 4.90 Å². The van der Waals surface area contributed by atoms with Gasteiger partial charge in [0.1, 0.15) is 0 Å². The standard InChI is InChI=1S/C15H23NOS/c1-15(2,3)11-6-7-12-10(8-11)9-13(18-12)14(17)16(4)5/h9,11H,6-8H2,1-5H3. The SMILES string of the molecule is CN(C)C(=O)c1cc2c(s1)CCC(C(C)(C)C)C2. The molecule has 2 nitrogen and oxygen atoms in total. The fourth-order valence-corrected chi connectivity index (χ4v) is 3.82. The maximum Gasteiger partial charge on any atom is 0.263 e. The van der Waals surface area contributed by atoms with Crippen LogP contribution in [0, 0.1) is 11.3 Å². The molecule has 1 atom stereocenters. The Labute approximate surface area is 114 Å². The molecule has 0 radical (unpaired) electrons. The molecule has 0 bridgehead atoms. The Kier molecular flexibility index (Phi) is 3.54. The van der Waals surface area contributed by atoms with E-state index in [2.05, 4.69) is 26.8 Å². The van der Waals surface area contributed by atoms with Gasteiger partial charge in [0.25, 0.3) is 5.91 Å². The molecular formula is C15H23NOS. The molecular weight excluding hydrogens is 242 g/mol. The van der Waals surface area contributed by atoms with Crippen molar-refractivity contribution in [2.24, 2.45) is 11.3 Å². The second kappa shape index (κ2) is 4.69. The minimum atomic E-state index is 0.140. The summed E-state index contributed by atoms with van der Waals surface area (Å²) in [5.74, 6) is 0.878. The molecule has 1 aromatic heterocycles. The van der Waals surface area contributed by atoms with Gasteiger partial charge in [-0.2, -0.15) is 0 Å². The largest absolute Gasteiger partial charge is 0.344 e. The van der Waals surface area contributed by atoms with Gasteiger partial charge < -0.3 is 4.90 Å². The average Bonchev–Trinajstić information content (AvgIpc) is 2.68. The van der Waals surface area contributed by atoms with Crippen molar-refractivity contribution < 1.29 is 4.79 Å². The molecule has 1 aliphatic carbocycles. The van der Waals surface area contributed by atoms with E-state index in [4.69, 9.17) is 0 Å². The predicted octanol–water partition coefficient (Wildman–Crippen LogP) is 3.60. The van der Waals surface area contributed by atoms with Crippen LogP contribution in [0.4, 0.5) is 0 Å². The van der Waals surface area contributed by atoms with Crippen molar-refractivity contribution >= 4 is 17.2 Å². The molecule has 0 N–H and O–H groups in total. The monoisotopic (exact) mass is 265 g/mol. The molecule has 1 unspecified atom stereocenters. The smallest absolute Gasteiger partial charge is 0.263 e. The van der Waals surface area contributed by atoms with E-state index >= 15 is 0 Å². The summed E-state index contributed by atoms with van der Waals surface area (Å²) in [7, 11) is 3.64. The number of hydrogen-bond acceptors (Lipinski definition) is 2. The highest BCUT2D eigenvalue weighted by Gasteiger charge is 2.30. The van der Waals surface area contributed by atoms with Crippen molar-refractivity contribution in [2.75, 3.05) is 14.1 Å². The number of carbonyl (C=O) groups is 1. The van der Waals surface area contributed by atoms with Crippen molar-refractivity contribution in [3.63, 3.8) is 0 Å². The number of hydrogen-bond donors (Lipinski definition) is 0. The number of amides is 1. The van der Waals surface area contributed by atoms with Crippen LogP contribution in [0.5, 0.6) is 0 Å². The first-order chi connectivity index (χ1) is 8.29. The summed E-state index contributed by atoms with van der Waals surface area (Å²) < 4.78 is 0. The number of thiophene rings is 1. The van der Waals surface area contributed by atoms with E-state index in [0.717, 1.165) is 23.6 Å². The number of fused-ring (bicyclic) bond motifs is 1. The third-order valence-electron chi connectivity index (χ3n) is 3.92. The van der Waals surface area contributed by atoms with E-state index in [1.807, 2.05) is 14.1 Å². The summed E-state index contributed by atoms with van der Waals surface area (Å²) in [5.41, 5.74) is 1.78. The highest BCUT2D eigenvalue weighted by molar-refractivity contribution is 7.14. The lowest BCUT2D eigenvalue weighted by molar-refractivity contribution is 0.0832. The quantitative estimate of drug-likeness (QED) is 0.759. The molecule has 1 heterocycles. The Bertz CT molecular complexity index is 454. The topological polar surface area (TPSA) is 20.3 Å². The van der Waals surface area contributed by atoms with Gasteiger partial charge in [0.2, 0.25) is 0 Å². The highest BCUT2D eigenvalue weighted by Crippen LogP contribution is 2.40. The van der Waals surface area contributed by atoms with Gasteiger partial charge in [0, 0.05) is 19.0 Å². The van der Waals surface area contributed by atoms with Gasteiger partial charge in [0.05, 0.1) is 4.88 Å². The molecule has 0 spiro atoms. The number of rotatable bonds is 1. The minimum absolute atomic E-state index is 0.140. The molecule has 1 aliphatic rings. The van der Waals surface area contributed by atoms with Crippen LogP contribution in [0.15, 0.2) is 6.07 Å². The molecule has 0 fully saturated rings. The van der Waals surface area contributed by atoms with E-state index in [-0.39, 0.29) is 5.91 Å². The Morgan fingerprint density at radius 1 is 1.39 bits per heavy atom. The molecule has 2 rings (SSSR count). The lowest BCUT2D eigenvalue weighted by atomic mass is 9.72. The van der Waals surface area contributed by atoms with Gasteiger partial charge in [0.15, 0.2) is 0 Å². The molecule has 100 valence electrons. The van der Waals surface area contributed by atoms with E-state index in [0.29, 0.717) is 5.41 Å². The third kappa shape index (κ3) is 2.61. The van der Waals surface area contributed by atoms with Gasteiger partial charge in [-0.15, -0.1) is 11.3 Å². The molecule has 1 amide bonds. The van der Waals surface area contributed by atoms with Crippen molar-refractivity contribution in [3.05, 3.63) is 21.4 Å². The van der Waals surface area contributed by atoms with E-state index in [9.17, 15) is 4.79 Å². The first kappa shape index (κ1) is 13.6. The van der Waals surface area contributed by atoms with Gasteiger partial charge in [-0.1, -0.05) is 20.8 Å². The molecule has 1 aromatic rings. The van der Waals surface area contributed by atoms with Crippen LogP contribution < -0.4 is 0 Å². The molecule has 0 saturated carbocycles. The van der Waals surface area contributed by atoms with E-state index in [1.54, 1.807) is 16.2 Å². The number of nitrogens with zero attached hydrogens (tertiary/aromatic N) is 1. The zero-order valence-electron chi connectivity index (χ0n) is 12.0. The van der Waals surface area contributed by atoms with Crippen LogP contribution >= 0.6 is 11.3 Å². The average molecular weight is 265 g/mol. The van der Waals surface area contributed by atoms with E-state index in [1.165, 1.54) is 16.9 Å². The maximum atomic E-state index is 12.0. The fraction of sp³-hybridized carbons (Fsp3) is 0.667. The fourth-order valence-electron chi connectivity index (χ4n) is 2.59. The van der Waals surface area contributed by atoms with Gasteiger partial charge in [-0.05, 0) is 42.2 Å².